The third-order valence-corrected chi connectivity index (χ3v) is 4.09. The summed E-state index contributed by atoms with van der Waals surface area (Å²) >= 11 is 0. The normalized spacial score (nSPS) is 27.9. The SMILES string of the molecule is Cc1ccc2c(c1)OCC(NC1CCCC1)C2O. The minimum atomic E-state index is -0.449. The van der Waals surface area contributed by atoms with Crippen LogP contribution in [0.4, 0.5) is 0 Å². The van der Waals surface area contributed by atoms with Gasteiger partial charge in [-0.3, -0.25) is 0 Å². The van der Waals surface area contributed by atoms with Gasteiger partial charge in [-0.25, -0.2) is 0 Å². The highest BCUT2D eigenvalue weighted by atomic mass is 16.5. The van der Waals surface area contributed by atoms with Crippen molar-refractivity contribution in [1.82, 2.24) is 5.32 Å². The third kappa shape index (κ3) is 2.25. The second-order valence-electron chi connectivity index (χ2n) is 5.55. The molecule has 1 aliphatic heterocycles. The molecule has 1 aromatic rings. The number of nitrogens with one attached hydrogen (secondary N) is 1. The number of hydrogen-bond donors (Lipinski definition) is 2. The molecule has 1 saturated carbocycles. The van der Waals surface area contributed by atoms with Crippen molar-refractivity contribution in [1.29, 1.82) is 0 Å². The molecule has 98 valence electrons. The number of hydrogen-bond acceptors (Lipinski definition) is 3. The van der Waals surface area contributed by atoms with E-state index in [0.717, 1.165) is 11.3 Å². The highest BCUT2D eigenvalue weighted by Crippen LogP contribution is 2.33. The second kappa shape index (κ2) is 4.90. The average molecular weight is 247 g/mol. The molecule has 3 nitrogen and oxygen atoms in total. The minimum Gasteiger partial charge on any atom is -0.491 e. The summed E-state index contributed by atoms with van der Waals surface area (Å²) in [5.41, 5.74) is 2.09. The zero-order valence-electron chi connectivity index (χ0n) is 10.9. The average Bonchev–Trinajstić information content (AvgIpc) is 2.85. The number of benzene rings is 1. The van der Waals surface area contributed by atoms with E-state index in [1.165, 1.54) is 31.2 Å². The standard InChI is InChI=1S/C15H21NO2/c1-10-6-7-12-14(8-10)18-9-13(15(12)17)16-11-4-2-3-5-11/h6-8,11,13,15-17H,2-5,9H2,1H3. The first-order valence-corrected chi connectivity index (χ1v) is 6.91. The monoisotopic (exact) mass is 247 g/mol. The fraction of sp³-hybridized carbons (Fsp3) is 0.600. The molecule has 0 bridgehead atoms. The Morgan fingerprint density at radius 2 is 2.06 bits per heavy atom. The van der Waals surface area contributed by atoms with E-state index < -0.39 is 6.10 Å². The van der Waals surface area contributed by atoms with Crippen LogP contribution in [0.2, 0.25) is 0 Å². The van der Waals surface area contributed by atoms with E-state index >= 15 is 0 Å². The van der Waals surface area contributed by atoms with Crippen LogP contribution >= 0.6 is 0 Å². The summed E-state index contributed by atoms with van der Waals surface area (Å²) in [6, 6.07) is 6.61. The number of aliphatic hydroxyl groups is 1. The maximum Gasteiger partial charge on any atom is 0.125 e. The molecule has 2 N–H and O–H groups in total. The molecule has 3 rings (SSSR count). The molecule has 0 radical (unpaired) electrons. The fourth-order valence-corrected chi connectivity index (χ4v) is 3.03. The predicted octanol–water partition coefficient (Wildman–Crippen LogP) is 2.32. The zero-order chi connectivity index (χ0) is 12.5. The van der Waals surface area contributed by atoms with E-state index in [1.807, 2.05) is 25.1 Å². The molecule has 1 aliphatic carbocycles. The van der Waals surface area contributed by atoms with Crippen LogP contribution < -0.4 is 10.1 Å². The molecule has 0 aromatic heterocycles. The molecule has 0 saturated heterocycles. The maximum absolute atomic E-state index is 10.4. The fourth-order valence-electron chi connectivity index (χ4n) is 3.03. The number of fused-ring (bicyclic) bond motifs is 1. The Labute approximate surface area is 108 Å². The summed E-state index contributed by atoms with van der Waals surface area (Å²) in [7, 11) is 0. The Bertz CT molecular complexity index is 427. The number of aryl methyl sites for hydroxylation is 1. The molecule has 3 heteroatoms. The van der Waals surface area contributed by atoms with Crippen molar-refractivity contribution < 1.29 is 9.84 Å². The van der Waals surface area contributed by atoms with E-state index in [1.54, 1.807) is 0 Å². The summed E-state index contributed by atoms with van der Waals surface area (Å²) in [4.78, 5) is 0. The molecule has 1 heterocycles. The number of aliphatic hydroxyl groups excluding tert-OH is 1. The van der Waals surface area contributed by atoms with Crippen LogP contribution in [-0.4, -0.2) is 23.8 Å². The van der Waals surface area contributed by atoms with Crippen molar-refractivity contribution in [2.24, 2.45) is 0 Å². The molecular weight excluding hydrogens is 226 g/mol. The maximum atomic E-state index is 10.4. The molecule has 2 unspecified atom stereocenters. The van der Waals surface area contributed by atoms with Gasteiger partial charge in [0, 0.05) is 11.6 Å². The van der Waals surface area contributed by atoms with Crippen molar-refractivity contribution in [2.75, 3.05) is 6.61 Å². The summed E-state index contributed by atoms with van der Waals surface area (Å²) < 4.78 is 5.78. The number of ether oxygens (including phenoxy) is 1. The Morgan fingerprint density at radius 1 is 1.28 bits per heavy atom. The Kier molecular flexibility index (Phi) is 3.27. The van der Waals surface area contributed by atoms with Gasteiger partial charge in [-0.1, -0.05) is 25.0 Å². The van der Waals surface area contributed by atoms with Gasteiger partial charge in [0.05, 0.1) is 6.04 Å². The lowest BCUT2D eigenvalue weighted by molar-refractivity contribution is 0.0677. The summed E-state index contributed by atoms with van der Waals surface area (Å²) in [5, 5.41) is 14.0. The highest BCUT2D eigenvalue weighted by molar-refractivity contribution is 5.40. The van der Waals surface area contributed by atoms with Crippen LogP contribution in [0.25, 0.3) is 0 Å². The first kappa shape index (κ1) is 12.0. The van der Waals surface area contributed by atoms with Crippen LogP contribution in [0, 0.1) is 6.92 Å². The highest BCUT2D eigenvalue weighted by Gasteiger charge is 2.31. The molecule has 18 heavy (non-hydrogen) atoms. The quantitative estimate of drug-likeness (QED) is 0.842. The lowest BCUT2D eigenvalue weighted by Gasteiger charge is -2.33. The van der Waals surface area contributed by atoms with Gasteiger partial charge in [-0.15, -0.1) is 0 Å². The lowest BCUT2D eigenvalue weighted by atomic mass is 9.97. The van der Waals surface area contributed by atoms with E-state index in [4.69, 9.17) is 4.74 Å². The minimum absolute atomic E-state index is 0.0308. The second-order valence-corrected chi connectivity index (χ2v) is 5.55. The van der Waals surface area contributed by atoms with Gasteiger partial charge >= 0.3 is 0 Å². The summed E-state index contributed by atoms with van der Waals surface area (Å²) in [5.74, 6) is 0.840. The lowest BCUT2D eigenvalue weighted by Crippen LogP contribution is -2.46. The molecule has 1 aromatic carbocycles. The molecule has 1 fully saturated rings. The van der Waals surface area contributed by atoms with Gasteiger partial charge in [0.1, 0.15) is 18.5 Å². The van der Waals surface area contributed by atoms with E-state index in [-0.39, 0.29) is 6.04 Å². The van der Waals surface area contributed by atoms with Gasteiger partial charge in [0.15, 0.2) is 0 Å². The van der Waals surface area contributed by atoms with E-state index in [0.29, 0.717) is 12.6 Å². The van der Waals surface area contributed by atoms with Crippen molar-refractivity contribution in [3.63, 3.8) is 0 Å². The molecule has 2 atom stereocenters. The van der Waals surface area contributed by atoms with Crippen LogP contribution in [0.5, 0.6) is 5.75 Å². The van der Waals surface area contributed by atoms with Crippen molar-refractivity contribution in [3.8, 4) is 5.75 Å². The molecular formula is C15H21NO2. The van der Waals surface area contributed by atoms with Crippen LogP contribution in [-0.2, 0) is 0 Å². The van der Waals surface area contributed by atoms with Gasteiger partial charge in [-0.05, 0) is 31.4 Å². The zero-order valence-corrected chi connectivity index (χ0v) is 10.9. The van der Waals surface area contributed by atoms with Crippen molar-refractivity contribution >= 4 is 0 Å². The summed E-state index contributed by atoms with van der Waals surface area (Å²) in [6.07, 6.45) is 4.61. The largest absolute Gasteiger partial charge is 0.491 e. The Morgan fingerprint density at radius 3 is 2.83 bits per heavy atom. The smallest absolute Gasteiger partial charge is 0.125 e. The van der Waals surface area contributed by atoms with Gasteiger partial charge in [0.25, 0.3) is 0 Å². The van der Waals surface area contributed by atoms with Gasteiger partial charge in [0.2, 0.25) is 0 Å². The summed E-state index contributed by atoms with van der Waals surface area (Å²) in [6.45, 7) is 2.60. The topological polar surface area (TPSA) is 41.5 Å². The van der Waals surface area contributed by atoms with Crippen LogP contribution in [0.15, 0.2) is 18.2 Å². The predicted molar refractivity (Wildman–Crippen MR) is 70.8 cm³/mol. The Hall–Kier alpha value is -1.06. The van der Waals surface area contributed by atoms with E-state index in [2.05, 4.69) is 5.32 Å². The molecule has 2 aliphatic rings. The molecule has 0 spiro atoms. The Balaban J connectivity index is 1.74. The van der Waals surface area contributed by atoms with Crippen LogP contribution in [0.3, 0.4) is 0 Å². The van der Waals surface area contributed by atoms with Gasteiger partial charge < -0.3 is 15.2 Å². The molecule has 0 amide bonds. The first-order chi connectivity index (χ1) is 8.74. The van der Waals surface area contributed by atoms with Crippen molar-refractivity contribution in [3.05, 3.63) is 29.3 Å². The van der Waals surface area contributed by atoms with Crippen LogP contribution in [0.1, 0.15) is 42.9 Å². The van der Waals surface area contributed by atoms with E-state index in [9.17, 15) is 5.11 Å². The first-order valence-electron chi connectivity index (χ1n) is 6.91. The van der Waals surface area contributed by atoms with Gasteiger partial charge in [-0.2, -0.15) is 0 Å². The number of rotatable bonds is 2. The van der Waals surface area contributed by atoms with Crippen molar-refractivity contribution in [2.45, 2.75) is 50.8 Å². The third-order valence-electron chi connectivity index (χ3n) is 4.09.